The van der Waals surface area contributed by atoms with E-state index in [1.165, 1.54) is 0 Å². The summed E-state index contributed by atoms with van der Waals surface area (Å²) in [7, 11) is 1.93. The van der Waals surface area contributed by atoms with Gasteiger partial charge in [0.1, 0.15) is 0 Å². The minimum absolute atomic E-state index is 0.491. The molecule has 122 valence electrons. The van der Waals surface area contributed by atoms with Gasteiger partial charge in [0.25, 0.3) is 0 Å². The van der Waals surface area contributed by atoms with E-state index >= 15 is 0 Å². The van der Waals surface area contributed by atoms with Crippen LogP contribution in [-0.2, 0) is 0 Å². The van der Waals surface area contributed by atoms with Gasteiger partial charge < -0.3 is 10.0 Å². The normalized spacial score (nSPS) is 11.9. The minimum atomic E-state index is -0.491. The van der Waals surface area contributed by atoms with Crippen LogP contribution in [-0.4, -0.2) is 33.7 Å². The number of aliphatic hydroxyl groups is 1. The van der Waals surface area contributed by atoms with Crippen LogP contribution >= 0.6 is 0 Å². The van der Waals surface area contributed by atoms with Gasteiger partial charge in [-0.3, -0.25) is 4.98 Å². The average Bonchev–Trinajstić information content (AvgIpc) is 2.67. The summed E-state index contributed by atoms with van der Waals surface area (Å²) in [6.45, 7) is 0.659. The summed E-state index contributed by atoms with van der Waals surface area (Å²) >= 11 is 0. The molecule has 0 aliphatic heterocycles. The largest absolute Gasteiger partial charge is 0.388 e. The smallest absolute Gasteiger partial charge is 0.225 e. The quantitative estimate of drug-likeness (QED) is 0.756. The Morgan fingerprint density at radius 3 is 2.62 bits per heavy atom. The highest BCUT2D eigenvalue weighted by Crippen LogP contribution is 2.19. The molecule has 0 fully saturated rings. The van der Waals surface area contributed by atoms with Crippen molar-refractivity contribution < 1.29 is 5.11 Å². The first-order valence-electron chi connectivity index (χ1n) is 7.91. The molecule has 1 atom stereocenters. The molecule has 0 spiro atoms. The van der Waals surface area contributed by atoms with Gasteiger partial charge in [-0.1, -0.05) is 30.3 Å². The van der Waals surface area contributed by atoms with Crippen molar-refractivity contribution in [3.8, 4) is 11.3 Å². The van der Waals surface area contributed by atoms with Gasteiger partial charge in [0.15, 0.2) is 0 Å². The third kappa shape index (κ3) is 3.94. The topological polar surface area (TPSA) is 62.1 Å². The molecular formula is C19H20N4O. The summed E-state index contributed by atoms with van der Waals surface area (Å²) in [4.78, 5) is 15.0. The molecule has 3 rings (SSSR count). The van der Waals surface area contributed by atoms with Crippen molar-refractivity contribution in [1.82, 2.24) is 15.0 Å². The Labute approximate surface area is 141 Å². The zero-order chi connectivity index (χ0) is 16.8. The second kappa shape index (κ2) is 7.66. The number of benzene rings is 1. The molecule has 0 radical (unpaired) electrons. The molecule has 1 N–H and O–H groups in total. The van der Waals surface area contributed by atoms with Crippen molar-refractivity contribution in [2.45, 2.75) is 12.5 Å². The summed E-state index contributed by atoms with van der Waals surface area (Å²) in [5.41, 5.74) is 2.72. The number of pyridine rings is 1. The fourth-order valence-electron chi connectivity index (χ4n) is 2.47. The lowest BCUT2D eigenvalue weighted by Gasteiger charge is -2.19. The number of hydrogen-bond acceptors (Lipinski definition) is 5. The molecule has 2 aromatic heterocycles. The zero-order valence-electron chi connectivity index (χ0n) is 13.6. The van der Waals surface area contributed by atoms with E-state index in [1.54, 1.807) is 18.6 Å². The molecule has 1 aromatic carbocycles. The zero-order valence-corrected chi connectivity index (χ0v) is 13.6. The Morgan fingerprint density at radius 2 is 1.88 bits per heavy atom. The Bertz CT molecular complexity index is 765. The molecule has 0 saturated heterocycles. The third-order valence-corrected chi connectivity index (χ3v) is 3.86. The van der Waals surface area contributed by atoms with Crippen molar-refractivity contribution >= 4 is 5.95 Å². The van der Waals surface area contributed by atoms with Crippen LogP contribution < -0.4 is 4.90 Å². The standard InChI is InChI=1S/C19H20N4O/c1-23(13-10-18(24)15-6-3-2-4-7-15)19-21-12-9-17(22-19)16-8-5-11-20-14-16/h2-9,11-12,14,18,24H,10,13H2,1H3. The van der Waals surface area contributed by atoms with Gasteiger partial charge in [-0.2, -0.15) is 0 Å². The molecule has 0 aliphatic carbocycles. The highest BCUT2D eigenvalue weighted by atomic mass is 16.3. The molecule has 0 saturated carbocycles. The Hall–Kier alpha value is -2.79. The number of anilines is 1. The average molecular weight is 320 g/mol. The van der Waals surface area contributed by atoms with Gasteiger partial charge in [-0.05, 0) is 30.2 Å². The first kappa shape index (κ1) is 16.1. The Morgan fingerprint density at radius 1 is 1.04 bits per heavy atom. The van der Waals surface area contributed by atoms with E-state index in [0.717, 1.165) is 16.8 Å². The molecule has 0 aliphatic rings. The van der Waals surface area contributed by atoms with Crippen molar-refractivity contribution in [2.24, 2.45) is 0 Å². The fraction of sp³-hybridized carbons (Fsp3) is 0.211. The van der Waals surface area contributed by atoms with Gasteiger partial charge in [0.05, 0.1) is 11.8 Å². The predicted molar refractivity (Wildman–Crippen MR) is 94.6 cm³/mol. The third-order valence-electron chi connectivity index (χ3n) is 3.86. The number of nitrogens with zero attached hydrogens (tertiary/aromatic N) is 4. The van der Waals surface area contributed by atoms with Crippen LogP contribution in [0.4, 0.5) is 5.95 Å². The number of rotatable bonds is 6. The molecule has 5 nitrogen and oxygen atoms in total. The maximum atomic E-state index is 10.3. The summed E-state index contributed by atoms with van der Waals surface area (Å²) in [6.07, 6.45) is 5.39. The number of hydrogen-bond donors (Lipinski definition) is 1. The predicted octanol–water partition coefficient (Wildman–Crippen LogP) is 3.10. The maximum Gasteiger partial charge on any atom is 0.225 e. The molecule has 0 amide bonds. The van der Waals surface area contributed by atoms with Gasteiger partial charge in [0, 0.05) is 37.7 Å². The lowest BCUT2D eigenvalue weighted by molar-refractivity contribution is 0.169. The van der Waals surface area contributed by atoms with E-state index < -0.39 is 6.10 Å². The number of aromatic nitrogens is 3. The highest BCUT2D eigenvalue weighted by Gasteiger charge is 2.11. The lowest BCUT2D eigenvalue weighted by Crippen LogP contribution is -2.22. The molecule has 0 bridgehead atoms. The van der Waals surface area contributed by atoms with E-state index in [0.29, 0.717) is 18.9 Å². The van der Waals surface area contributed by atoms with Crippen molar-refractivity contribution in [1.29, 1.82) is 0 Å². The SMILES string of the molecule is CN(CCC(O)c1ccccc1)c1nccc(-c2cccnc2)n1. The Balaban J connectivity index is 1.66. The summed E-state index contributed by atoms with van der Waals surface area (Å²) in [5.74, 6) is 0.636. The lowest BCUT2D eigenvalue weighted by atomic mass is 10.1. The van der Waals surface area contributed by atoms with E-state index in [2.05, 4.69) is 15.0 Å². The second-order valence-corrected chi connectivity index (χ2v) is 5.62. The minimum Gasteiger partial charge on any atom is -0.388 e. The fourth-order valence-corrected chi connectivity index (χ4v) is 2.47. The summed E-state index contributed by atoms with van der Waals surface area (Å²) < 4.78 is 0. The van der Waals surface area contributed by atoms with Crippen LogP contribution in [0.5, 0.6) is 0 Å². The second-order valence-electron chi connectivity index (χ2n) is 5.62. The van der Waals surface area contributed by atoms with E-state index in [1.807, 2.05) is 60.5 Å². The monoisotopic (exact) mass is 320 g/mol. The van der Waals surface area contributed by atoms with Crippen molar-refractivity contribution in [2.75, 3.05) is 18.5 Å². The van der Waals surface area contributed by atoms with Crippen LogP contribution in [0.3, 0.4) is 0 Å². The Kier molecular flexibility index (Phi) is 5.13. The number of aliphatic hydroxyl groups excluding tert-OH is 1. The van der Waals surface area contributed by atoms with Crippen LogP contribution in [0.2, 0.25) is 0 Å². The van der Waals surface area contributed by atoms with Crippen LogP contribution in [0.25, 0.3) is 11.3 Å². The summed E-state index contributed by atoms with van der Waals surface area (Å²) in [5, 5.41) is 10.3. The molecular weight excluding hydrogens is 300 g/mol. The van der Waals surface area contributed by atoms with E-state index in [4.69, 9.17) is 0 Å². The van der Waals surface area contributed by atoms with Crippen LogP contribution in [0, 0.1) is 0 Å². The molecule has 1 unspecified atom stereocenters. The molecule has 2 heterocycles. The molecule has 5 heteroatoms. The van der Waals surface area contributed by atoms with Gasteiger partial charge in [0.2, 0.25) is 5.95 Å². The van der Waals surface area contributed by atoms with E-state index in [9.17, 15) is 5.11 Å². The van der Waals surface area contributed by atoms with Gasteiger partial charge in [-0.25, -0.2) is 9.97 Å². The van der Waals surface area contributed by atoms with Gasteiger partial charge >= 0.3 is 0 Å². The first-order chi connectivity index (χ1) is 11.7. The highest BCUT2D eigenvalue weighted by molar-refractivity contribution is 5.58. The van der Waals surface area contributed by atoms with Crippen LogP contribution in [0.15, 0.2) is 67.1 Å². The van der Waals surface area contributed by atoms with Crippen LogP contribution in [0.1, 0.15) is 18.1 Å². The van der Waals surface area contributed by atoms with Crippen molar-refractivity contribution in [3.63, 3.8) is 0 Å². The molecule has 24 heavy (non-hydrogen) atoms. The van der Waals surface area contributed by atoms with Gasteiger partial charge in [-0.15, -0.1) is 0 Å². The molecule has 3 aromatic rings. The maximum absolute atomic E-state index is 10.3. The van der Waals surface area contributed by atoms with Crippen molar-refractivity contribution in [3.05, 3.63) is 72.7 Å². The van der Waals surface area contributed by atoms with E-state index in [-0.39, 0.29) is 0 Å². The summed E-state index contributed by atoms with van der Waals surface area (Å²) in [6, 6.07) is 15.4. The first-order valence-corrected chi connectivity index (χ1v) is 7.91.